The van der Waals surface area contributed by atoms with E-state index in [1.54, 1.807) is 51.3 Å². The van der Waals surface area contributed by atoms with Gasteiger partial charge >= 0.3 is 22.8 Å². The molecule has 6 aromatic heterocycles. The molecule has 0 atom stereocenters. The van der Waals surface area contributed by atoms with Gasteiger partial charge in [0.1, 0.15) is 22.3 Å². The molecule has 10 heterocycles. The van der Waals surface area contributed by atoms with Crippen LogP contribution >= 0.6 is 0 Å². The molecule has 0 bridgehead atoms. The van der Waals surface area contributed by atoms with Crippen LogP contribution in [0.2, 0.25) is 0 Å². The predicted molar refractivity (Wildman–Crippen MR) is 554 cm³/mol. The van der Waals surface area contributed by atoms with Crippen molar-refractivity contribution >= 4 is 44.0 Å². The molecule has 745 valence electrons. The fourth-order valence-corrected chi connectivity index (χ4v) is 19.0. The minimum Gasteiger partial charge on any atom is -0.693 e. The summed E-state index contributed by atoms with van der Waals surface area (Å²) in [7, 11) is 14.5. The van der Waals surface area contributed by atoms with Crippen LogP contribution in [0.5, 0.6) is 46.0 Å². The van der Waals surface area contributed by atoms with E-state index in [2.05, 4.69) is 163 Å². The number of aromatic nitrogens is 16. The first-order chi connectivity index (χ1) is 67.6. The van der Waals surface area contributed by atoms with E-state index in [1.165, 1.54) is 22.3 Å². The molecule has 0 saturated heterocycles. The van der Waals surface area contributed by atoms with Crippen molar-refractivity contribution in [3.05, 3.63) is 288 Å². The van der Waals surface area contributed by atoms with Crippen LogP contribution in [0, 0.1) is 102 Å². The average Bonchev–Trinajstić information content (AvgIpc) is 1.58. The van der Waals surface area contributed by atoms with Gasteiger partial charge in [-0.25, -0.2) is 34.2 Å². The number of benzene rings is 8. The van der Waals surface area contributed by atoms with Gasteiger partial charge in [-0.1, -0.05) is 88.6 Å². The number of nitrogens with zero attached hydrogens (tertiary/aromatic N) is 18. The summed E-state index contributed by atoms with van der Waals surface area (Å²) in [5.74, 6) is 7.05. The summed E-state index contributed by atoms with van der Waals surface area (Å²) in [5.41, 5.74) is 29.4. The number of anilines is 2. The molecule has 0 amide bonds. The molecule has 4 aliphatic heterocycles. The third-order valence-electron chi connectivity index (χ3n) is 25.0. The van der Waals surface area contributed by atoms with Crippen LogP contribution in [-0.4, -0.2) is 149 Å². The SMILES string of the molecule is C.CCOc1cc2c(cc1OC)-c1cc(=Nc3c(C)cc(C)cc3C)n(CCC#N)c(=O)n1CC2.CCOc1cc2c(cc1OC)-c1cc(=Nc3c(C)cc(C)cc3C)n(CCc3nn[nH]n3)c(=O)n1CC2.CCOc1cc2c(cc1OC)-c1cc(=Nc3c(C)cc(C)cc3C)n(CCc3nn[nH]n3)c(=O)n1CC2.CCOc1cc2c(cc1OC)-c1cc(Nc3c(C)cc(C)cc3C)nc(=O)n1CC2.[B][B-].[CH3-].[W]. The predicted octanol–water partition coefficient (Wildman–Crippen LogP) is 15.6. The molecule has 0 unspecified atom stereocenters. The van der Waals surface area contributed by atoms with Gasteiger partial charge in [-0.3, -0.25) is 32.0 Å². The molecule has 3 N–H and O–H groups in total. The number of aromatic amines is 2. The third-order valence-corrected chi connectivity index (χ3v) is 25.0. The number of aryl methyl sites for hydroxylation is 18. The molecule has 33 nitrogen and oxygen atoms in total. The number of ether oxygens (including phenoxy) is 8. The second kappa shape index (κ2) is 48.7. The Morgan fingerprint density at radius 1 is 0.399 bits per heavy atom. The van der Waals surface area contributed by atoms with E-state index in [4.69, 9.17) is 52.9 Å². The first-order valence-corrected chi connectivity index (χ1v) is 47.0. The fourth-order valence-electron chi connectivity index (χ4n) is 19.0. The van der Waals surface area contributed by atoms with Crippen molar-refractivity contribution in [3.8, 4) is 97.1 Å². The van der Waals surface area contributed by atoms with Crippen molar-refractivity contribution in [2.45, 2.75) is 209 Å². The summed E-state index contributed by atoms with van der Waals surface area (Å²) in [6.45, 7) is 37.9. The summed E-state index contributed by atoms with van der Waals surface area (Å²) in [4.78, 5) is 73.5. The number of nitrogens with one attached hydrogen (secondary N) is 3. The quantitative estimate of drug-likeness (QED) is 0.0353. The minimum atomic E-state index is -0.254. The van der Waals surface area contributed by atoms with Crippen LogP contribution in [0.25, 0.3) is 45.0 Å². The van der Waals surface area contributed by atoms with Crippen LogP contribution in [0.1, 0.15) is 142 Å². The van der Waals surface area contributed by atoms with E-state index in [0.717, 1.165) is 147 Å². The van der Waals surface area contributed by atoms with Crippen molar-refractivity contribution in [1.29, 1.82) is 5.26 Å². The summed E-state index contributed by atoms with van der Waals surface area (Å²) < 4.78 is 57.6. The van der Waals surface area contributed by atoms with Gasteiger partial charge < -0.3 is 66.1 Å². The molecule has 0 spiro atoms. The molecule has 0 aliphatic carbocycles. The number of methoxy groups -OCH3 is 4. The Bertz CT molecular complexity index is 7220. The third kappa shape index (κ3) is 23.9. The van der Waals surface area contributed by atoms with Crippen LogP contribution in [0.15, 0.2) is 155 Å². The van der Waals surface area contributed by atoms with Crippen LogP contribution in [0.4, 0.5) is 28.6 Å². The normalized spacial score (nSPS) is 12.2. The molecule has 4 aliphatic rings. The standard InChI is InChI=1S/2C27H31N7O3.C27H30N4O3.C24H27N3O3.CH4.CH3.B2.W/c2*1-6-37-23-13-19-7-9-33-21(20(19)14-22(23)36-5)15-25(28-26-17(3)11-16(2)12-18(26)4)34(27(33)35)10-8-24-29-31-32-30-24;1-6-34-24-14-20-8-11-30-22(21(20)15-23(24)33-5)16-25(31(27(30)32)10-7-9-28)29-26-18(3)12-17(2)13-19(26)4;1-6-30-21-11-17-7-8-27-19(18(17)12-20(21)29-5)13-22(26-24(27)28)25-23-15(3)9-14(2)10-16(23)4;;;1-2;/h2*11-15H,6-10H2,1-5H3,(H,29,30,31,32);12-16H,6-8,10-11H2,1-5H3;9-13H,6-8H2,1-5H3,(H,25,26,28);1H4;1H3;;/q;;;;;2*-1;. The summed E-state index contributed by atoms with van der Waals surface area (Å²) in [5, 5.41) is 41.0. The zero-order valence-electron chi connectivity index (χ0n) is 84.8. The Hall–Kier alpha value is -14.7. The van der Waals surface area contributed by atoms with E-state index in [1.807, 2.05) is 151 Å². The van der Waals surface area contributed by atoms with E-state index < -0.39 is 0 Å². The van der Waals surface area contributed by atoms with Gasteiger partial charge in [0.05, 0.1) is 107 Å². The number of nitriles is 1. The maximum absolute atomic E-state index is 13.9. The number of tetrazole rings is 2. The Kier molecular flexibility index (Phi) is 37.0. The molecule has 14 aromatic rings. The molecular formula is C107H126B2N21O12W-2. The molecule has 36 heteroatoms. The van der Waals surface area contributed by atoms with Crippen molar-refractivity contribution in [2.24, 2.45) is 15.0 Å². The molecular weight excluding hydrogens is 1980 g/mol. The second-order valence-electron chi connectivity index (χ2n) is 34.8. The molecule has 0 fully saturated rings. The molecule has 5 radical (unpaired) electrons. The van der Waals surface area contributed by atoms with Gasteiger partial charge in [0.25, 0.3) is 0 Å². The Balaban J connectivity index is 0.000000180. The first kappa shape index (κ1) is 109. The Morgan fingerprint density at radius 2 is 0.678 bits per heavy atom. The number of hydrogen-bond donors (Lipinski definition) is 3. The number of H-pyrrole nitrogens is 2. The molecule has 18 rings (SSSR count). The van der Waals surface area contributed by atoms with Gasteiger partial charge in [0, 0.05) is 132 Å². The number of fused-ring (bicyclic) bond motifs is 12. The molecule has 143 heavy (non-hydrogen) atoms. The van der Waals surface area contributed by atoms with Crippen LogP contribution in [0.3, 0.4) is 0 Å². The van der Waals surface area contributed by atoms with Crippen LogP contribution < -0.4 is 82.4 Å². The van der Waals surface area contributed by atoms with E-state index in [-0.39, 0.29) is 71.6 Å². The molecule has 8 aromatic carbocycles. The molecule has 0 saturated carbocycles. The number of hydrogen-bond acceptors (Lipinski definition) is 24. The maximum atomic E-state index is 13.9. The van der Waals surface area contributed by atoms with Gasteiger partial charge in [-0.15, -0.1) is 20.4 Å². The van der Waals surface area contributed by atoms with Crippen molar-refractivity contribution in [1.82, 2.24) is 78.2 Å². The second-order valence-corrected chi connectivity index (χ2v) is 34.8. The number of rotatable bonds is 25. The van der Waals surface area contributed by atoms with E-state index >= 15 is 0 Å². The Labute approximate surface area is 850 Å². The zero-order chi connectivity index (χ0) is 100. The first-order valence-electron chi connectivity index (χ1n) is 47.0. The van der Waals surface area contributed by atoms with E-state index in [9.17, 15) is 24.4 Å². The summed E-state index contributed by atoms with van der Waals surface area (Å²) in [6, 6.07) is 42.8. The maximum Gasteiger partial charge on any atom is 0.350 e. The smallest absolute Gasteiger partial charge is 0.350 e. The largest absolute Gasteiger partial charge is 0.693 e. The minimum absolute atomic E-state index is 0. The van der Waals surface area contributed by atoms with Crippen molar-refractivity contribution < 1.29 is 59.0 Å². The van der Waals surface area contributed by atoms with Crippen LogP contribution in [-0.2, 0) is 105 Å². The van der Waals surface area contributed by atoms with Gasteiger partial charge in [-0.05, 0) is 252 Å². The topological polar surface area (TPSA) is 371 Å². The average molecular weight is 2100 g/mol. The summed E-state index contributed by atoms with van der Waals surface area (Å²) in [6.07, 6.45) is 4.01. The summed E-state index contributed by atoms with van der Waals surface area (Å²) >= 11 is 0. The van der Waals surface area contributed by atoms with Gasteiger partial charge in [0.15, 0.2) is 57.6 Å². The van der Waals surface area contributed by atoms with E-state index in [0.29, 0.717) is 172 Å². The van der Waals surface area contributed by atoms with Gasteiger partial charge in [-0.2, -0.15) is 20.7 Å². The monoisotopic (exact) mass is 2100 g/mol. The van der Waals surface area contributed by atoms with Crippen molar-refractivity contribution in [2.75, 3.05) is 60.2 Å². The fraction of sp³-hybridized carbons (Fsp3) is 0.364. The van der Waals surface area contributed by atoms with Gasteiger partial charge in [0.2, 0.25) is 0 Å². The Morgan fingerprint density at radius 3 is 0.951 bits per heavy atom. The van der Waals surface area contributed by atoms with Crippen molar-refractivity contribution in [3.63, 3.8) is 0 Å². The zero-order valence-corrected chi connectivity index (χ0v) is 87.7.